The normalized spacial score (nSPS) is 11.5. The number of rotatable bonds is 5. The number of nitrogens with one attached hydrogen (secondary N) is 1. The molecule has 7 heteroatoms. The number of fused-ring (bicyclic) bond motifs is 1. The summed E-state index contributed by atoms with van der Waals surface area (Å²) >= 11 is 0. The first-order valence-electron chi connectivity index (χ1n) is 7.88. The molecule has 0 spiro atoms. The number of halogens is 2. The maximum Gasteiger partial charge on any atom is 0.184 e. The van der Waals surface area contributed by atoms with Gasteiger partial charge in [-0.3, -0.25) is 4.98 Å². The summed E-state index contributed by atoms with van der Waals surface area (Å²) in [6.45, 7) is 7.46. The van der Waals surface area contributed by atoms with Crippen LogP contribution >= 0.6 is 0 Å². The monoisotopic (exact) mass is 353 g/mol. The van der Waals surface area contributed by atoms with Crippen LogP contribution in [0.4, 0.5) is 20.3 Å². The van der Waals surface area contributed by atoms with Crippen molar-refractivity contribution >= 4 is 22.6 Å². The maximum absolute atomic E-state index is 14.3. The number of hydrogen-bond acceptors (Lipinski definition) is 4. The molecule has 0 radical (unpaired) electrons. The van der Waals surface area contributed by atoms with Crippen molar-refractivity contribution in [3.63, 3.8) is 0 Å². The molecule has 0 saturated carbocycles. The summed E-state index contributed by atoms with van der Waals surface area (Å²) in [5.41, 5.74) is 1.81. The van der Waals surface area contributed by atoms with Gasteiger partial charge in [-0.15, -0.1) is 5.10 Å². The Morgan fingerprint density at radius 2 is 2.08 bits per heavy atom. The first-order valence-corrected chi connectivity index (χ1v) is 7.88. The van der Waals surface area contributed by atoms with Crippen molar-refractivity contribution in [1.29, 1.82) is 0 Å². The average molecular weight is 353 g/mol. The molecule has 0 saturated heterocycles. The molecule has 0 bridgehead atoms. The van der Waals surface area contributed by atoms with Crippen LogP contribution in [0.2, 0.25) is 0 Å². The van der Waals surface area contributed by atoms with Crippen LogP contribution < -0.4 is 5.32 Å². The summed E-state index contributed by atoms with van der Waals surface area (Å²) in [6, 6.07) is 5.02. The number of allylic oxidation sites excluding steroid dienone is 5. The van der Waals surface area contributed by atoms with Crippen molar-refractivity contribution < 1.29 is 8.78 Å². The first kappa shape index (κ1) is 17.5. The van der Waals surface area contributed by atoms with Gasteiger partial charge in [0.25, 0.3) is 0 Å². The zero-order chi connectivity index (χ0) is 18.7. The number of aromatic nitrogens is 4. The summed E-state index contributed by atoms with van der Waals surface area (Å²) in [4.78, 5) is 8.04. The van der Waals surface area contributed by atoms with E-state index in [9.17, 15) is 8.78 Å². The number of anilines is 2. The van der Waals surface area contributed by atoms with E-state index in [0.29, 0.717) is 11.3 Å². The minimum Gasteiger partial charge on any atom is -0.336 e. The van der Waals surface area contributed by atoms with Crippen molar-refractivity contribution in [1.82, 2.24) is 19.6 Å². The topological polar surface area (TPSA) is 55.1 Å². The third-order valence-electron chi connectivity index (χ3n) is 3.54. The molecular formula is C19H17F2N5. The second-order valence-corrected chi connectivity index (χ2v) is 5.84. The lowest BCUT2D eigenvalue weighted by Crippen LogP contribution is -2.06. The van der Waals surface area contributed by atoms with Crippen molar-refractivity contribution in [2.45, 2.75) is 13.8 Å². The minimum atomic E-state index is -0.543. The fourth-order valence-corrected chi connectivity index (χ4v) is 2.21. The molecule has 3 rings (SSSR count). The molecule has 3 aromatic rings. The molecule has 0 fully saturated rings. The van der Waals surface area contributed by atoms with Gasteiger partial charge in [0.1, 0.15) is 11.3 Å². The van der Waals surface area contributed by atoms with Crippen LogP contribution in [0.25, 0.3) is 11.1 Å². The van der Waals surface area contributed by atoms with E-state index in [0.717, 1.165) is 11.8 Å². The molecule has 0 aliphatic carbocycles. The van der Waals surface area contributed by atoms with Gasteiger partial charge in [-0.05, 0) is 38.1 Å². The molecule has 3 aromatic heterocycles. The largest absolute Gasteiger partial charge is 0.336 e. The Balaban J connectivity index is 2.03. The van der Waals surface area contributed by atoms with Gasteiger partial charge < -0.3 is 5.32 Å². The molecule has 0 aliphatic rings. The molecule has 132 valence electrons. The van der Waals surface area contributed by atoms with Crippen molar-refractivity contribution in [2.24, 2.45) is 0 Å². The predicted molar refractivity (Wildman–Crippen MR) is 98.1 cm³/mol. The lowest BCUT2D eigenvalue weighted by molar-refractivity contribution is 0.625. The average Bonchev–Trinajstić information content (AvgIpc) is 3.09. The van der Waals surface area contributed by atoms with E-state index in [1.807, 2.05) is 13.8 Å². The molecule has 1 N–H and O–H groups in total. The van der Waals surface area contributed by atoms with Gasteiger partial charge in [-0.25, -0.2) is 18.3 Å². The summed E-state index contributed by atoms with van der Waals surface area (Å²) in [6.07, 6.45) is 7.21. The van der Waals surface area contributed by atoms with Crippen molar-refractivity contribution in [3.8, 4) is 0 Å². The van der Waals surface area contributed by atoms with Gasteiger partial charge in [-0.1, -0.05) is 18.2 Å². The molecule has 5 nitrogen and oxygen atoms in total. The summed E-state index contributed by atoms with van der Waals surface area (Å²) in [7, 11) is 0. The van der Waals surface area contributed by atoms with E-state index in [2.05, 4.69) is 27.0 Å². The van der Waals surface area contributed by atoms with Crippen molar-refractivity contribution in [3.05, 3.63) is 78.6 Å². The smallest absolute Gasteiger partial charge is 0.184 e. The van der Waals surface area contributed by atoms with Crippen LogP contribution in [0, 0.1) is 5.82 Å². The van der Waals surface area contributed by atoms with Crippen LogP contribution in [-0.4, -0.2) is 19.6 Å². The van der Waals surface area contributed by atoms with Gasteiger partial charge >= 0.3 is 0 Å². The highest BCUT2D eigenvalue weighted by atomic mass is 19.1. The lowest BCUT2D eigenvalue weighted by Gasteiger charge is -2.10. The number of nitrogens with zero attached hydrogens (tertiary/aromatic N) is 4. The van der Waals surface area contributed by atoms with Crippen molar-refractivity contribution in [2.75, 3.05) is 5.32 Å². The third kappa shape index (κ3) is 3.66. The van der Waals surface area contributed by atoms with E-state index in [1.165, 1.54) is 22.9 Å². The second-order valence-electron chi connectivity index (χ2n) is 5.84. The van der Waals surface area contributed by atoms with Gasteiger partial charge in [-0.2, -0.15) is 0 Å². The maximum atomic E-state index is 14.3. The van der Waals surface area contributed by atoms with Gasteiger partial charge in [0.05, 0.1) is 11.9 Å². The SMILES string of the molecule is C=C(/C(F)=C\C=C(C)C)c1nc(Nc2ccncc2F)c2cccn2n1. The molecule has 0 unspecified atom stereocenters. The summed E-state index contributed by atoms with van der Waals surface area (Å²) in [5.74, 6) is -0.632. The zero-order valence-electron chi connectivity index (χ0n) is 14.4. The summed E-state index contributed by atoms with van der Waals surface area (Å²) < 4.78 is 29.8. The molecule has 0 atom stereocenters. The van der Waals surface area contributed by atoms with Gasteiger partial charge in [0.15, 0.2) is 17.5 Å². The molecule has 0 amide bonds. The molecule has 0 aliphatic heterocycles. The van der Waals surface area contributed by atoms with Crippen LogP contribution in [0.3, 0.4) is 0 Å². The van der Waals surface area contributed by atoms with Crippen LogP contribution in [0.1, 0.15) is 19.7 Å². The Labute approximate surface area is 149 Å². The van der Waals surface area contributed by atoms with E-state index < -0.39 is 11.6 Å². The number of hydrogen-bond donors (Lipinski definition) is 1. The van der Waals surface area contributed by atoms with E-state index in [4.69, 9.17) is 0 Å². The van der Waals surface area contributed by atoms with Crippen LogP contribution in [0.15, 0.2) is 66.9 Å². The molecule has 3 heterocycles. The highest BCUT2D eigenvalue weighted by Gasteiger charge is 2.14. The Morgan fingerprint density at radius 3 is 2.81 bits per heavy atom. The lowest BCUT2D eigenvalue weighted by atomic mass is 10.2. The minimum absolute atomic E-state index is 0.0383. The highest BCUT2D eigenvalue weighted by molar-refractivity contribution is 5.77. The van der Waals surface area contributed by atoms with Gasteiger partial charge in [0.2, 0.25) is 0 Å². The fourth-order valence-electron chi connectivity index (χ4n) is 2.21. The van der Waals surface area contributed by atoms with E-state index in [-0.39, 0.29) is 17.1 Å². The molecule has 26 heavy (non-hydrogen) atoms. The zero-order valence-corrected chi connectivity index (χ0v) is 14.4. The predicted octanol–water partition coefficient (Wildman–Crippen LogP) is 4.84. The Bertz CT molecular complexity index is 1030. The van der Waals surface area contributed by atoms with E-state index >= 15 is 0 Å². The third-order valence-corrected chi connectivity index (χ3v) is 3.54. The second kappa shape index (κ2) is 7.26. The highest BCUT2D eigenvalue weighted by Crippen LogP contribution is 2.25. The molecular weight excluding hydrogens is 336 g/mol. The van der Waals surface area contributed by atoms with Crippen LogP contribution in [-0.2, 0) is 0 Å². The number of pyridine rings is 1. The summed E-state index contributed by atoms with van der Waals surface area (Å²) in [5, 5.41) is 7.17. The first-order chi connectivity index (χ1) is 12.5. The molecule has 0 aromatic carbocycles. The fraction of sp³-hybridized carbons (Fsp3) is 0.105. The Kier molecular flexibility index (Phi) is 4.88. The standard InChI is InChI=1S/C19H17F2N5/c1-12(2)6-7-14(20)13(3)18-24-19(17-5-4-10-26(17)25-18)23-16-8-9-22-11-15(16)21/h4-11H,3H2,1-2H3,(H,22,23,24,25)/b14-7+. The van der Waals surface area contributed by atoms with Crippen LogP contribution in [0.5, 0.6) is 0 Å². The Hall–Kier alpha value is -3.35. The van der Waals surface area contributed by atoms with Gasteiger partial charge in [0, 0.05) is 18.0 Å². The van der Waals surface area contributed by atoms with E-state index in [1.54, 1.807) is 24.4 Å². The quantitative estimate of drug-likeness (QED) is 0.667. The Morgan fingerprint density at radius 1 is 1.27 bits per heavy atom.